The predicted octanol–water partition coefficient (Wildman–Crippen LogP) is 1.56. The largest absolute Gasteiger partial charge is 0.398 e. The number of rotatable bonds is 5. The molecule has 1 aromatic carbocycles. The first kappa shape index (κ1) is 14.6. The van der Waals surface area contributed by atoms with Gasteiger partial charge in [-0.25, -0.2) is 4.68 Å². The van der Waals surface area contributed by atoms with Crippen molar-refractivity contribution in [1.82, 2.24) is 20.2 Å². The molecule has 2 atom stereocenters. The van der Waals surface area contributed by atoms with Crippen LogP contribution in [0.5, 0.6) is 0 Å². The Bertz CT molecular complexity index is 625. The molecule has 2 rings (SSSR count). The zero-order chi connectivity index (χ0) is 14.7. The van der Waals surface area contributed by atoms with Crippen molar-refractivity contribution in [3.05, 3.63) is 23.8 Å². The molecule has 1 aromatic heterocycles. The summed E-state index contributed by atoms with van der Waals surface area (Å²) in [6.07, 6.45) is 2.47. The molecule has 0 aliphatic carbocycles. The molecule has 0 amide bonds. The summed E-state index contributed by atoms with van der Waals surface area (Å²) in [5.74, 6) is 1.33. The van der Waals surface area contributed by atoms with E-state index in [0.29, 0.717) is 11.6 Å². The van der Waals surface area contributed by atoms with Gasteiger partial charge < -0.3 is 5.73 Å². The third-order valence-corrected chi connectivity index (χ3v) is 4.16. The molecule has 20 heavy (non-hydrogen) atoms. The summed E-state index contributed by atoms with van der Waals surface area (Å²) in [6.45, 7) is 3.98. The van der Waals surface area contributed by atoms with Crippen molar-refractivity contribution in [1.29, 1.82) is 0 Å². The molecule has 2 aromatic rings. The van der Waals surface area contributed by atoms with E-state index in [9.17, 15) is 4.21 Å². The smallest absolute Gasteiger partial charge is 0.182 e. The molecule has 0 bridgehead atoms. The fraction of sp³-hybridized carbons (Fsp3) is 0.462. The van der Waals surface area contributed by atoms with Gasteiger partial charge in [0, 0.05) is 34.1 Å². The number of nitrogen functional groups attached to an aromatic ring is 1. The summed E-state index contributed by atoms with van der Waals surface area (Å²) in [5.41, 5.74) is 8.55. The van der Waals surface area contributed by atoms with Gasteiger partial charge in [0.05, 0.1) is 6.04 Å². The monoisotopic (exact) mass is 293 g/mol. The van der Waals surface area contributed by atoms with Gasteiger partial charge in [0.1, 0.15) is 0 Å². The zero-order valence-electron chi connectivity index (χ0n) is 11.9. The van der Waals surface area contributed by atoms with Crippen LogP contribution in [0.15, 0.2) is 18.2 Å². The summed E-state index contributed by atoms with van der Waals surface area (Å²) in [4.78, 5) is 0. The summed E-state index contributed by atoms with van der Waals surface area (Å²) < 4.78 is 13.0. The molecular weight excluding hydrogens is 274 g/mol. The Labute approximate surface area is 120 Å². The van der Waals surface area contributed by atoms with Crippen LogP contribution in [0, 0.1) is 6.92 Å². The minimum Gasteiger partial charge on any atom is -0.398 e. The second-order valence-corrected chi connectivity index (χ2v) is 6.44. The van der Waals surface area contributed by atoms with Crippen LogP contribution >= 0.6 is 0 Å². The molecule has 7 heteroatoms. The van der Waals surface area contributed by atoms with Crippen molar-refractivity contribution in [2.45, 2.75) is 26.3 Å². The summed E-state index contributed by atoms with van der Waals surface area (Å²) in [5, 5.41) is 11.9. The van der Waals surface area contributed by atoms with E-state index in [2.05, 4.69) is 15.5 Å². The van der Waals surface area contributed by atoms with Gasteiger partial charge in [0.2, 0.25) is 0 Å². The molecule has 2 unspecified atom stereocenters. The van der Waals surface area contributed by atoms with E-state index in [1.54, 1.807) is 10.9 Å². The average Bonchev–Trinajstić information content (AvgIpc) is 2.88. The Morgan fingerprint density at radius 3 is 2.90 bits per heavy atom. The van der Waals surface area contributed by atoms with E-state index in [0.717, 1.165) is 23.2 Å². The fourth-order valence-electron chi connectivity index (χ4n) is 2.02. The second kappa shape index (κ2) is 6.13. The summed E-state index contributed by atoms with van der Waals surface area (Å²) in [6, 6.07) is 5.79. The Hall–Kier alpha value is -1.76. The van der Waals surface area contributed by atoms with Gasteiger partial charge in [-0.05, 0) is 42.3 Å². The van der Waals surface area contributed by atoms with E-state index in [-0.39, 0.29) is 6.04 Å². The van der Waals surface area contributed by atoms with Gasteiger partial charge in [-0.2, -0.15) is 0 Å². The lowest BCUT2D eigenvalue weighted by Gasteiger charge is -2.14. The second-order valence-electron chi connectivity index (χ2n) is 4.88. The number of hydrogen-bond donors (Lipinski definition) is 1. The molecule has 0 saturated heterocycles. The lowest BCUT2D eigenvalue weighted by Crippen LogP contribution is -2.12. The van der Waals surface area contributed by atoms with E-state index in [1.807, 2.05) is 32.0 Å². The third kappa shape index (κ3) is 3.04. The first-order chi connectivity index (χ1) is 9.50. The molecule has 108 valence electrons. The molecule has 0 aliphatic rings. The van der Waals surface area contributed by atoms with Crippen LogP contribution in [0.1, 0.15) is 24.9 Å². The molecule has 0 radical (unpaired) electrons. The number of anilines is 1. The van der Waals surface area contributed by atoms with Crippen LogP contribution in [0.25, 0.3) is 11.4 Å². The number of nitrogens with zero attached hydrogens (tertiary/aromatic N) is 4. The van der Waals surface area contributed by atoms with Crippen molar-refractivity contribution in [3.8, 4) is 11.4 Å². The van der Waals surface area contributed by atoms with Crippen molar-refractivity contribution in [3.63, 3.8) is 0 Å². The first-order valence-corrected chi connectivity index (χ1v) is 8.16. The van der Waals surface area contributed by atoms with Crippen molar-refractivity contribution >= 4 is 16.5 Å². The minimum atomic E-state index is -0.809. The molecular formula is C13H19N5OS. The number of aromatic nitrogens is 4. The molecule has 1 heterocycles. The highest BCUT2D eigenvalue weighted by atomic mass is 32.2. The molecule has 0 fully saturated rings. The fourth-order valence-corrected chi connectivity index (χ4v) is 2.70. The summed E-state index contributed by atoms with van der Waals surface area (Å²) in [7, 11) is -0.809. The average molecular weight is 293 g/mol. The van der Waals surface area contributed by atoms with Crippen LogP contribution in [0.2, 0.25) is 0 Å². The van der Waals surface area contributed by atoms with E-state index in [4.69, 9.17) is 5.73 Å². The topological polar surface area (TPSA) is 86.7 Å². The molecule has 0 spiro atoms. The highest BCUT2D eigenvalue weighted by Gasteiger charge is 2.17. The van der Waals surface area contributed by atoms with Crippen molar-refractivity contribution in [2.75, 3.05) is 17.7 Å². The maximum Gasteiger partial charge on any atom is 0.182 e. The number of tetrazole rings is 1. The Kier molecular flexibility index (Phi) is 4.49. The van der Waals surface area contributed by atoms with Gasteiger partial charge in [-0.15, -0.1) is 5.10 Å². The van der Waals surface area contributed by atoms with Gasteiger partial charge in [-0.1, -0.05) is 12.1 Å². The van der Waals surface area contributed by atoms with Crippen molar-refractivity contribution < 1.29 is 4.21 Å². The van der Waals surface area contributed by atoms with E-state index in [1.165, 1.54) is 0 Å². The molecule has 0 saturated carbocycles. The maximum absolute atomic E-state index is 11.2. The van der Waals surface area contributed by atoms with Gasteiger partial charge >= 0.3 is 0 Å². The van der Waals surface area contributed by atoms with Gasteiger partial charge in [0.15, 0.2) is 5.82 Å². The third-order valence-electron chi connectivity index (χ3n) is 3.35. The highest BCUT2D eigenvalue weighted by molar-refractivity contribution is 7.84. The predicted molar refractivity (Wildman–Crippen MR) is 80.7 cm³/mol. The van der Waals surface area contributed by atoms with E-state index < -0.39 is 10.8 Å². The summed E-state index contributed by atoms with van der Waals surface area (Å²) >= 11 is 0. The Morgan fingerprint density at radius 1 is 1.45 bits per heavy atom. The molecule has 6 nitrogen and oxygen atoms in total. The van der Waals surface area contributed by atoms with Gasteiger partial charge in [0.25, 0.3) is 0 Å². The Morgan fingerprint density at radius 2 is 2.20 bits per heavy atom. The van der Waals surface area contributed by atoms with E-state index >= 15 is 0 Å². The quantitative estimate of drug-likeness (QED) is 0.845. The SMILES string of the molecule is Cc1c(N)cccc1-c1nnnn1C(C)CCS(C)=O. The number of hydrogen-bond acceptors (Lipinski definition) is 5. The minimum absolute atomic E-state index is 0.0877. The molecule has 0 aliphatic heterocycles. The van der Waals surface area contributed by atoms with Crippen LogP contribution in [0.3, 0.4) is 0 Å². The van der Waals surface area contributed by atoms with Gasteiger partial charge in [-0.3, -0.25) is 4.21 Å². The highest BCUT2D eigenvalue weighted by Crippen LogP contribution is 2.27. The van der Waals surface area contributed by atoms with Crippen LogP contribution in [-0.4, -0.2) is 36.4 Å². The lowest BCUT2D eigenvalue weighted by atomic mass is 10.1. The first-order valence-electron chi connectivity index (χ1n) is 6.44. The lowest BCUT2D eigenvalue weighted by molar-refractivity contribution is 0.470. The normalized spacial score (nSPS) is 14.2. The Balaban J connectivity index is 2.33. The molecule has 2 N–H and O–H groups in total. The zero-order valence-corrected chi connectivity index (χ0v) is 12.7. The maximum atomic E-state index is 11.2. The van der Waals surface area contributed by atoms with Crippen LogP contribution in [0.4, 0.5) is 5.69 Å². The van der Waals surface area contributed by atoms with Crippen LogP contribution < -0.4 is 5.73 Å². The van der Waals surface area contributed by atoms with Crippen molar-refractivity contribution in [2.24, 2.45) is 0 Å². The number of benzene rings is 1. The van der Waals surface area contributed by atoms with Crippen LogP contribution in [-0.2, 0) is 10.8 Å². The number of nitrogens with two attached hydrogens (primary N) is 1. The standard InChI is InChI=1S/C13H19N5OS/c1-9(7-8-20(3)19)18-13(15-16-17-18)11-5-4-6-12(14)10(11)2/h4-6,9H,7-8,14H2,1-3H3.